The number of fused-ring (bicyclic) bond motifs is 1. The minimum absolute atomic E-state index is 0.0878. The normalized spacial score (nSPS) is 16.6. The van der Waals surface area contributed by atoms with Gasteiger partial charge in [-0.15, -0.1) is 0 Å². The Hall–Kier alpha value is -3.05. The predicted octanol–water partition coefficient (Wildman–Crippen LogP) is 0.933. The molecular formula is C24H37N9O2. The third kappa shape index (κ3) is 6.15. The predicted molar refractivity (Wildman–Crippen MR) is 136 cm³/mol. The van der Waals surface area contributed by atoms with Crippen LogP contribution in [0.5, 0.6) is 0 Å². The molecule has 3 N–H and O–H groups in total. The standard InChI is InChI=1S/C24H37N9O2/c1-17(35)33-12-7-20-19(16-33)23(25-2)30-22(28-20)18-5-10-32(11-6-18)13-9-27-24-26-8-4-21(29-24)31(3)14-15-34/h4,8,18,34H,5-7,9-16H2,1-3H3,(H,25,28,30)(H,26,27,29). The summed E-state index contributed by atoms with van der Waals surface area (Å²) in [5.74, 6) is 3.63. The second kappa shape index (κ2) is 11.6. The topological polar surface area (TPSA) is 123 Å². The molecule has 1 saturated heterocycles. The fraction of sp³-hybridized carbons (Fsp3) is 0.625. The van der Waals surface area contributed by atoms with E-state index >= 15 is 0 Å². The van der Waals surface area contributed by atoms with Crippen molar-refractivity contribution in [2.45, 2.75) is 38.6 Å². The van der Waals surface area contributed by atoms with E-state index in [2.05, 4.69) is 25.5 Å². The molecule has 0 saturated carbocycles. The number of aliphatic hydroxyl groups excluding tert-OH is 1. The number of piperidine rings is 1. The van der Waals surface area contributed by atoms with Gasteiger partial charge in [0.2, 0.25) is 11.9 Å². The van der Waals surface area contributed by atoms with Crippen molar-refractivity contribution in [2.75, 3.05) is 75.5 Å². The molecule has 0 spiro atoms. The highest BCUT2D eigenvalue weighted by Gasteiger charge is 2.27. The number of likely N-dealkylation sites (N-methyl/N-ethyl adjacent to an activating group) is 1. The van der Waals surface area contributed by atoms with Crippen molar-refractivity contribution in [3.05, 3.63) is 29.3 Å². The van der Waals surface area contributed by atoms with Crippen LogP contribution >= 0.6 is 0 Å². The molecule has 2 aliphatic heterocycles. The number of aromatic nitrogens is 4. The Bertz CT molecular complexity index is 993. The SMILES string of the molecule is CNc1nc(C2CCN(CCNc3nccc(N(C)CCO)n3)CC2)nc2c1CN(C(C)=O)CC2. The average molecular weight is 484 g/mol. The molecule has 0 radical (unpaired) electrons. The zero-order chi connectivity index (χ0) is 24.8. The van der Waals surface area contributed by atoms with Crippen LogP contribution in [0.2, 0.25) is 0 Å². The third-order valence-electron chi connectivity index (χ3n) is 6.89. The van der Waals surface area contributed by atoms with Crippen molar-refractivity contribution in [2.24, 2.45) is 0 Å². The molecule has 0 unspecified atom stereocenters. The molecule has 2 aliphatic rings. The molecule has 0 atom stereocenters. The van der Waals surface area contributed by atoms with E-state index in [1.54, 1.807) is 13.1 Å². The molecule has 0 aromatic carbocycles. The van der Waals surface area contributed by atoms with E-state index in [0.717, 1.165) is 80.7 Å². The summed E-state index contributed by atoms with van der Waals surface area (Å²) in [4.78, 5) is 36.7. The number of carbonyl (C=O) groups excluding carboxylic acids is 1. The number of nitrogens with one attached hydrogen (secondary N) is 2. The van der Waals surface area contributed by atoms with Crippen LogP contribution in [-0.2, 0) is 17.8 Å². The lowest BCUT2D eigenvalue weighted by molar-refractivity contribution is -0.129. The number of rotatable bonds is 9. The zero-order valence-corrected chi connectivity index (χ0v) is 21.0. The lowest BCUT2D eigenvalue weighted by atomic mass is 9.95. The van der Waals surface area contributed by atoms with E-state index in [9.17, 15) is 4.79 Å². The molecule has 2 aromatic heterocycles. The summed E-state index contributed by atoms with van der Waals surface area (Å²) < 4.78 is 0. The molecule has 4 heterocycles. The molecular weight excluding hydrogens is 446 g/mol. The van der Waals surface area contributed by atoms with Crippen LogP contribution in [0.15, 0.2) is 12.3 Å². The van der Waals surface area contributed by atoms with Gasteiger partial charge < -0.3 is 30.4 Å². The van der Waals surface area contributed by atoms with Gasteiger partial charge in [-0.2, -0.15) is 4.98 Å². The minimum Gasteiger partial charge on any atom is -0.395 e. The first-order chi connectivity index (χ1) is 17.0. The first-order valence-electron chi connectivity index (χ1n) is 12.4. The summed E-state index contributed by atoms with van der Waals surface area (Å²) in [7, 11) is 3.79. The van der Waals surface area contributed by atoms with Crippen molar-refractivity contribution in [3.8, 4) is 0 Å². The number of anilines is 3. The van der Waals surface area contributed by atoms with Gasteiger partial charge in [0.25, 0.3) is 0 Å². The van der Waals surface area contributed by atoms with Crippen LogP contribution in [-0.4, -0.2) is 101 Å². The largest absolute Gasteiger partial charge is 0.395 e. The van der Waals surface area contributed by atoms with Crippen LogP contribution < -0.4 is 15.5 Å². The zero-order valence-electron chi connectivity index (χ0n) is 21.0. The Morgan fingerprint density at radius 3 is 2.74 bits per heavy atom. The van der Waals surface area contributed by atoms with Crippen molar-refractivity contribution < 1.29 is 9.90 Å². The molecule has 11 nitrogen and oxygen atoms in total. The Kier molecular flexibility index (Phi) is 8.29. The first kappa shape index (κ1) is 25.1. The van der Waals surface area contributed by atoms with Gasteiger partial charge in [-0.05, 0) is 32.0 Å². The van der Waals surface area contributed by atoms with Crippen LogP contribution in [0.25, 0.3) is 0 Å². The lowest BCUT2D eigenvalue weighted by Gasteiger charge is -2.33. The van der Waals surface area contributed by atoms with E-state index in [4.69, 9.17) is 15.1 Å². The van der Waals surface area contributed by atoms with E-state index < -0.39 is 0 Å². The molecule has 190 valence electrons. The van der Waals surface area contributed by atoms with Crippen LogP contribution in [0.4, 0.5) is 17.6 Å². The Morgan fingerprint density at radius 1 is 1.23 bits per heavy atom. The molecule has 11 heteroatoms. The summed E-state index contributed by atoms with van der Waals surface area (Å²) in [5, 5.41) is 15.7. The van der Waals surface area contributed by atoms with Gasteiger partial charge in [-0.3, -0.25) is 4.79 Å². The minimum atomic E-state index is 0.0878. The van der Waals surface area contributed by atoms with Crippen LogP contribution in [0, 0.1) is 0 Å². The first-order valence-corrected chi connectivity index (χ1v) is 12.4. The summed E-state index contributed by atoms with van der Waals surface area (Å²) in [5.41, 5.74) is 2.13. The highest BCUT2D eigenvalue weighted by Crippen LogP contribution is 2.30. The number of carbonyl (C=O) groups is 1. The molecule has 2 aromatic rings. The van der Waals surface area contributed by atoms with Crippen molar-refractivity contribution in [1.29, 1.82) is 0 Å². The number of amides is 1. The Labute approximate surface area is 207 Å². The number of hydrogen-bond acceptors (Lipinski definition) is 10. The highest BCUT2D eigenvalue weighted by atomic mass is 16.3. The second-order valence-corrected chi connectivity index (χ2v) is 9.22. The summed E-state index contributed by atoms with van der Waals surface area (Å²) in [6.45, 7) is 7.22. The van der Waals surface area contributed by atoms with Gasteiger partial charge >= 0.3 is 0 Å². The van der Waals surface area contributed by atoms with Gasteiger partial charge in [-0.25, -0.2) is 15.0 Å². The lowest BCUT2D eigenvalue weighted by Crippen LogP contribution is -2.37. The van der Waals surface area contributed by atoms with E-state index in [1.165, 1.54) is 0 Å². The van der Waals surface area contributed by atoms with Crippen molar-refractivity contribution in [1.82, 2.24) is 29.7 Å². The Balaban J connectivity index is 1.29. The van der Waals surface area contributed by atoms with Gasteiger partial charge in [0.15, 0.2) is 0 Å². The van der Waals surface area contributed by atoms with E-state index in [0.29, 0.717) is 25.0 Å². The number of likely N-dealkylation sites (tertiary alicyclic amines) is 1. The van der Waals surface area contributed by atoms with Gasteiger partial charge in [-0.1, -0.05) is 0 Å². The molecule has 1 fully saturated rings. The van der Waals surface area contributed by atoms with E-state index in [1.807, 2.05) is 30.0 Å². The van der Waals surface area contributed by atoms with Gasteiger partial charge in [0, 0.05) is 71.3 Å². The van der Waals surface area contributed by atoms with Crippen molar-refractivity contribution >= 4 is 23.5 Å². The molecule has 0 bridgehead atoms. The van der Waals surface area contributed by atoms with E-state index in [-0.39, 0.29) is 12.5 Å². The maximum atomic E-state index is 11.8. The molecule has 0 aliphatic carbocycles. The third-order valence-corrected chi connectivity index (χ3v) is 6.89. The molecule has 35 heavy (non-hydrogen) atoms. The van der Waals surface area contributed by atoms with Crippen molar-refractivity contribution in [3.63, 3.8) is 0 Å². The summed E-state index contributed by atoms with van der Waals surface area (Å²) in [6.07, 6.45) is 4.57. The Morgan fingerprint density at radius 2 is 2.03 bits per heavy atom. The summed E-state index contributed by atoms with van der Waals surface area (Å²) in [6, 6.07) is 1.84. The molecule has 1 amide bonds. The number of nitrogens with zero attached hydrogens (tertiary/aromatic N) is 7. The smallest absolute Gasteiger partial charge is 0.224 e. The maximum absolute atomic E-state index is 11.8. The van der Waals surface area contributed by atoms with Gasteiger partial charge in [0.05, 0.1) is 18.8 Å². The maximum Gasteiger partial charge on any atom is 0.224 e. The number of aliphatic hydroxyl groups is 1. The monoisotopic (exact) mass is 483 g/mol. The fourth-order valence-electron chi connectivity index (χ4n) is 4.74. The summed E-state index contributed by atoms with van der Waals surface area (Å²) >= 11 is 0. The quantitative estimate of drug-likeness (QED) is 0.475. The number of hydrogen-bond donors (Lipinski definition) is 3. The fourth-order valence-corrected chi connectivity index (χ4v) is 4.74. The van der Waals surface area contributed by atoms with Gasteiger partial charge in [0.1, 0.15) is 17.5 Å². The van der Waals surface area contributed by atoms with Crippen LogP contribution in [0.3, 0.4) is 0 Å². The average Bonchev–Trinajstić information content (AvgIpc) is 2.88. The highest BCUT2D eigenvalue weighted by molar-refractivity contribution is 5.74. The molecule has 4 rings (SSSR count). The van der Waals surface area contributed by atoms with Crippen LogP contribution in [0.1, 0.15) is 42.8 Å². The second-order valence-electron chi connectivity index (χ2n) is 9.22.